The molecule has 1 N–H and O–H groups in total. The lowest BCUT2D eigenvalue weighted by Gasteiger charge is -2.34. The summed E-state index contributed by atoms with van der Waals surface area (Å²) in [5.74, 6) is 1.59. The van der Waals surface area contributed by atoms with E-state index >= 15 is 0 Å². The Bertz CT molecular complexity index is 599. The van der Waals surface area contributed by atoms with Crippen molar-refractivity contribution in [2.75, 3.05) is 38.5 Å². The summed E-state index contributed by atoms with van der Waals surface area (Å²) in [5, 5.41) is 3.74. The van der Waals surface area contributed by atoms with Crippen LogP contribution >= 0.6 is 23.4 Å². The summed E-state index contributed by atoms with van der Waals surface area (Å²) in [6, 6.07) is 8.14. The van der Waals surface area contributed by atoms with E-state index in [1.165, 1.54) is 5.56 Å². The van der Waals surface area contributed by atoms with Crippen molar-refractivity contribution in [3.63, 3.8) is 0 Å². The highest BCUT2D eigenvalue weighted by Gasteiger charge is 2.26. The van der Waals surface area contributed by atoms with Gasteiger partial charge in [0.15, 0.2) is 0 Å². The van der Waals surface area contributed by atoms with Gasteiger partial charge in [-0.3, -0.25) is 14.5 Å². The van der Waals surface area contributed by atoms with Gasteiger partial charge in [-0.2, -0.15) is 0 Å². The number of nitrogens with one attached hydrogen (secondary N) is 1. The summed E-state index contributed by atoms with van der Waals surface area (Å²) in [5.41, 5.74) is 1.17. The van der Waals surface area contributed by atoms with Crippen LogP contribution in [-0.2, 0) is 15.3 Å². The number of benzene rings is 1. The highest BCUT2D eigenvalue weighted by Crippen LogP contribution is 2.18. The van der Waals surface area contributed by atoms with Gasteiger partial charge >= 0.3 is 0 Å². The number of thioether (sulfide) groups is 1. The Morgan fingerprint density at radius 3 is 2.44 bits per heavy atom. The predicted octanol–water partition coefficient (Wildman–Crippen LogP) is 2.00. The van der Waals surface area contributed by atoms with Crippen LogP contribution in [0, 0.1) is 0 Å². The quantitative estimate of drug-likeness (QED) is 0.784. The average Bonchev–Trinajstić information content (AvgIpc) is 3.41. The van der Waals surface area contributed by atoms with Gasteiger partial charge in [-0.15, -0.1) is 11.8 Å². The van der Waals surface area contributed by atoms with Crippen LogP contribution in [-0.4, -0.2) is 66.1 Å². The first-order valence-corrected chi connectivity index (χ1v) is 10.2. The van der Waals surface area contributed by atoms with Gasteiger partial charge in [0.2, 0.25) is 11.8 Å². The zero-order chi connectivity index (χ0) is 17.6. The normalized spacial score (nSPS) is 18.2. The van der Waals surface area contributed by atoms with Crippen LogP contribution in [0.15, 0.2) is 24.3 Å². The molecule has 1 aromatic carbocycles. The number of amides is 2. The lowest BCUT2D eigenvalue weighted by atomic mass is 10.2. The Balaban J connectivity index is 1.32. The Labute approximate surface area is 158 Å². The minimum atomic E-state index is 0.112. The van der Waals surface area contributed by atoms with Gasteiger partial charge in [0.05, 0.1) is 12.3 Å². The fourth-order valence-corrected chi connectivity index (χ4v) is 3.80. The molecule has 1 saturated heterocycles. The van der Waals surface area contributed by atoms with E-state index in [0.717, 1.165) is 36.7 Å². The van der Waals surface area contributed by atoms with Gasteiger partial charge in [0.1, 0.15) is 0 Å². The maximum Gasteiger partial charge on any atom is 0.234 e. The number of hydrogen-bond acceptors (Lipinski definition) is 4. The molecule has 2 amide bonds. The standard InChI is InChI=1S/C18H24ClN3O2S/c19-15-3-1-14(2-4-15)12-25-13-18(24)22-9-7-21(8-10-22)11-17(23)20-16-5-6-16/h1-4,16H,5-13H2,(H,20,23). The first-order chi connectivity index (χ1) is 12.1. The molecule has 1 saturated carbocycles. The zero-order valence-electron chi connectivity index (χ0n) is 14.2. The van der Waals surface area contributed by atoms with Crippen molar-refractivity contribution >= 4 is 35.2 Å². The SMILES string of the molecule is O=C(CN1CCN(C(=O)CSCc2ccc(Cl)cc2)CC1)NC1CC1. The van der Waals surface area contributed by atoms with Crippen LogP contribution < -0.4 is 5.32 Å². The molecule has 2 aliphatic rings. The van der Waals surface area contributed by atoms with E-state index in [1.54, 1.807) is 11.8 Å². The van der Waals surface area contributed by atoms with E-state index in [-0.39, 0.29) is 11.8 Å². The minimum absolute atomic E-state index is 0.112. The van der Waals surface area contributed by atoms with E-state index < -0.39 is 0 Å². The molecule has 0 atom stereocenters. The lowest BCUT2D eigenvalue weighted by Crippen LogP contribution is -2.51. The molecule has 3 rings (SSSR count). The molecule has 136 valence electrons. The third-order valence-electron chi connectivity index (χ3n) is 4.44. The molecule has 1 aliphatic carbocycles. The molecule has 0 unspecified atom stereocenters. The molecule has 2 fully saturated rings. The fraction of sp³-hybridized carbons (Fsp3) is 0.556. The van der Waals surface area contributed by atoms with Gasteiger partial charge in [0.25, 0.3) is 0 Å². The van der Waals surface area contributed by atoms with Crippen LogP contribution in [0.25, 0.3) is 0 Å². The summed E-state index contributed by atoms with van der Waals surface area (Å²) >= 11 is 7.50. The molecular formula is C18H24ClN3O2S. The van der Waals surface area contributed by atoms with Crippen molar-refractivity contribution in [2.45, 2.75) is 24.6 Å². The minimum Gasteiger partial charge on any atom is -0.352 e. The number of rotatable bonds is 7. The van der Waals surface area contributed by atoms with Gasteiger partial charge in [-0.05, 0) is 30.5 Å². The first kappa shape index (κ1) is 18.5. The Kier molecular flexibility index (Phi) is 6.62. The summed E-state index contributed by atoms with van der Waals surface area (Å²) < 4.78 is 0. The highest BCUT2D eigenvalue weighted by atomic mass is 35.5. The molecule has 0 bridgehead atoms. The Hall–Kier alpha value is -1.24. The van der Waals surface area contributed by atoms with E-state index in [1.807, 2.05) is 29.2 Å². The molecule has 0 radical (unpaired) electrons. The fourth-order valence-electron chi connectivity index (χ4n) is 2.79. The third-order valence-corrected chi connectivity index (χ3v) is 5.68. The van der Waals surface area contributed by atoms with Crippen molar-refractivity contribution in [3.05, 3.63) is 34.9 Å². The van der Waals surface area contributed by atoms with Crippen LogP contribution in [0.2, 0.25) is 5.02 Å². The molecule has 0 aromatic heterocycles. The van der Waals surface area contributed by atoms with Gasteiger partial charge in [0, 0.05) is 43.0 Å². The smallest absolute Gasteiger partial charge is 0.234 e. The number of halogens is 1. The van der Waals surface area contributed by atoms with Gasteiger partial charge < -0.3 is 10.2 Å². The molecule has 5 nitrogen and oxygen atoms in total. The number of carbonyl (C=O) groups is 2. The number of hydrogen-bond donors (Lipinski definition) is 1. The van der Waals surface area contributed by atoms with Crippen molar-refractivity contribution < 1.29 is 9.59 Å². The topological polar surface area (TPSA) is 52.7 Å². The summed E-state index contributed by atoms with van der Waals surface area (Å²) in [6.07, 6.45) is 2.23. The summed E-state index contributed by atoms with van der Waals surface area (Å²) in [7, 11) is 0. The van der Waals surface area contributed by atoms with Crippen molar-refractivity contribution in [1.82, 2.24) is 15.1 Å². The molecule has 1 aromatic rings. The monoisotopic (exact) mass is 381 g/mol. The highest BCUT2D eigenvalue weighted by molar-refractivity contribution is 7.99. The van der Waals surface area contributed by atoms with Crippen LogP contribution in [0.5, 0.6) is 0 Å². The molecule has 1 aliphatic heterocycles. The number of nitrogens with zero attached hydrogens (tertiary/aromatic N) is 2. The van der Waals surface area contributed by atoms with Gasteiger partial charge in [-0.1, -0.05) is 23.7 Å². The molecule has 25 heavy (non-hydrogen) atoms. The van der Waals surface area contributed by atoms with Crippen LogP contribution in [0.1, 0.15) is 18.4 Å². The maximum absolute atomic E-state index is 12.3. The second kappa shape index (κ2) is 8.92. The maximum atomic E-state index is 12.3. The molecule has 1 heterocycles. The molecule has 7 heteroatoms. The summed E-state index contributed by atoms with van der Waals surface area (Å²) in [6.45, 7) is 3.40. The van der Waals surface area contributed by atoms with E-state index in [2.05, 4.69) is 10.2 Å². The second-order valence-electron chi connectivity index (χ2n) is 6.62. The number of carbonyl (C=O) groups excluding carboxylic acids is 2. The third kappa shape index (κ3) is 6.20. The van der Waals surface area contributed by atoms with Crippen molar-refractivity contribution in [3.8, 4) is 0 Å². The zero-order valence-corrected chi connectivity index (χ0v) is 15.8. The average molecular weight is 382 g/mol. The molecule has 0 spiro atoms. The lowest BCUT2D eigenvalue weighted by molar-refractivity contribution is -0.130. The van der Waals surface area contributed by atoms with E-state index in [4.69, 9.17) is 11.6 Å². The summed E-state index contributed by atoms with van der Waals surface area (Å²) in [4.78, 5) is 28.2. The van der Waals surface area contributed by atoms with E-state index in [0.29, 0.717) is 31.4 Å². The van der Waals surface area contributed by atoms with Crippen LogP contribution in [0.4, 0.5) is 0 Å². The Morgan fingerprint density at radius 2 is 1.80 bits per heavy atom. The molecular weight excluding hydrogens is 358 g/mol. The second-order valence-corrected chi connectivity index (χ2v) is 8.04. The largest absolute Gasteiger partial charge is 0.352 e. The van der Waals surface area contributed by atoms with E-state index in [9.17, 15) is 9.59 Å². The van der Waals surface area contributed by atoms with Gasteiger partial charge in [-0.25, -0.2) is 0 Å². The predicted molar refractivity (Wildman–Crippen MR) is 102 cm³/mol. The Morgan fingerprint density at radius 1 is 1.12 bits per heavy atom. The van der Waals surface area contributed by atoms with Crippen molar-refractivity contribution in [2.24, 2.45) is 0 Å². The number of piperazine rings is 1. The first-order valence-electron chi connectivity index (χ1n) is 8.72. The van der Waals surface area contributed by atoms with Crippen LogP contribution in [0.3, 0.4) is 0 Å². The van der Waals surface area contributed by atoms with Crippen molar-refractivity contribution in [1.29, 1.82) is 0 Å².